The smallest absolute Gasteiger partial charge is 0.410 e. The predicted octanol–water partition coefficient (Wildman–Crippen LogP) is 3.61. The summed E-state index contributed by atoms with van der Waals surface area (Å²) in [6.07, 6.45) is 6.96. The number of likely N-dealkylation sites (N-methyl/N-ethyl adjacent to an activating group) is 1. The van der Waals surface area contributed by atoms with E-state index in [0.717, 1.165) is 25.1 Å². The lowest BCUT2D eigenvalue weighted by Gasteiger charge is -2.36. The second-order valence-electron chi connectivity index (χ2n) is 14.0. The molecule has 262 valence electrons. The van der Waals surface area contributed by atoms with Crippen LogP contribution in [0.2, 0.25) is 0 Å². The van der Waals surface area contributed by atoms with Gasteiger partial charge in [0.15, 0.2) is 6.10 Å². The van der Waals surface area contributed by atoms with Crippen LogP contribution in [0.4, 0.5) is 4.79 Å². The number of cyclic esters (lactones) is 1. The van der Waals surface area contributed by atoms with E-state index in [1.165, 1.54) is 0 Å². The summed E-state index contributed by atoms with van der Waals surface area (Å²) in [4.78, 5) is 29.6. The van der Waals surface area contributed by atoms with Crippen molar-refractivity contribution in [3.63, 3.8) is 0 Å². The zero-order valence-corrected chi connectivity index (χ0v) is 29.1. The van der Waals surface area contributed by atoms with Crippen LogP contribution < -0.4 is 0 Å². The zero-order valence-electron chi connectivity index (χ0n) is 29.1. The number of methoxy groups -OCH3 is 1. The first-order valence-corrected chi connectivity index (χ1v) is 16.8. The van der Waals surface area contributed by atoms with Gasteiger partial charge in [-0.15, -0.1) is 0 Å². The number of rotatable bonds is 10. The highest BCUT2D eigenvalue weighted by Gasteiger charge is 2.47. The molecule has 0 aromatic heterocycles. The summed E-state index contributed by atoms with van der Waals surface area (Å²) in [5.74, 6) is -0.683. The van der Waals surface area contributed by atoms with Gasteiger partial charge in [-0.3, -0.25) is 4.79 Å². The molecule has 11 nitrogen and oxygen atoms in total. The summed E-state index contributed by atoms with van der Waals surface area (Å²) in [5, 5.41) is 33.0. The van der Waals surface area contributed by atoms with E-state index in [0.29, 0.717) is 19.5 Å². The van der Waals surface area contributed by atoms with E-state index in [9.17, 15) is 24.9 Å². The molecule has 0 saturated carbocycles. The van der Waals surface area contributed by atoms with Crippen molar-refractivity contribution in [3.8, 4) is 0 Å². The van der Waals surface area contributed by atoms with Gasteiger partial charge < -0.3 is 44.1 Å². The number of aliphatic hydroxyl groups excluding tert-OH is 1. The number of esters is 1. The molecule has 2 fully saturated rings. The molecule has 10 atom stereocenters. The number of carbonyl (C=O) groups is 2. The number of epoxide rings is 1. The van der Waals surface area contributed by atoms with Crippen LogP contribution in [-0.4, -0.2) is 125 Å². The minimum absolute atomic E-state index is 0.0473. The van der Waals surface area contributed by atoms with Crippen LogP contribution in [0.15, 0.2) is 36.0 Å². The molecule has 3 aliphatic heterocycles. The quantitative estimate of drug-likeness (QED) is 0.139. The molecule has 10 unspecified atom stereocenters. The van der Waals surface area contributed by atoms with Gasteiger partial charge in [-0.2, -0.15) is 0 Å². The van der Waals surface area contributed by atoms with Gasteiger partial charge in [-0.25, -0.2) is 4.79 Å². The number of allylic oxidation sites excluding steroid dienone is 2. The number of nitrogens with zero attached hydrogens (tertiary/aromatic N) is 2. The topological polar surface area (TPSA) is 142 Å². The SMILES string of the molecule is CCC(OC)C(C)C1OC1CC(C)(O)/C=C/C=C(\C)C1OC(=O)CC(O)CCC(C)(O)C(OC(=O)N2CCN(C)CC2)/C=C/C1C. The van der Waals surface area contributed by atoms with Crippen LogP contribution in [0, 0.1) is 11.8 Å². The number of hydrogen-bond acceptors (Lipinski definition) is 10. The highest BCUT2D eigenvalue weighted by Crippen LogP contribution is 2.38. The van der Waals surface area contributed by atoms with Gasteiger partial charge in [0.05, 0.1) is 36.4 Å². The second-order valence-corrected chi connectivity index (χ2v) is 14.0. The van der Waals surface area contributed by atoms with Crippen LogP contribution in [0.5, 0.6) is 0 Å². The summed E-state index contributed by atoms with van der Waals surface area (Å²) in [7, 11) is 3.71. The molecule has 0 spiro atoms. The summed E-state index contributed by atoms with van der Waals surface area (Å²) < 4.78 is 23.1. The maximum atomic E-state index is 13.0. The number of hydrogen-bond donors (Lipinski definition) is 3. The van der Waals surface area contributed by atoms with Gasteiger partial charge in [0.2, 0.25) is 0 Å². The average Bonchev–Trinajstić information content (AvgIpc) is 3.75. The third-order valence-corrected chi connectivity index (χ3v) is 9.62. The number of piperazine rings is 1. The van der Waals surface area contributed by atoms with Crippen LogP contribution in [-0.2, 0) is 23.7 Å². The molecular formula is C35H58N2O9. The summed E-state index contributed by atoms with van der Waals surface area (Å²) in [6, 6.07) is 0. The first kappa shape index (κ1) is 38.2. The van der Waals surface area contributed by atoms with Gasteiger partial charge in [0.25, 0.3) is 0 Å². The van der Waals surface area contributed by atoms with Gasteiger partial charge in [-0.1, -0.05) is 45.1 Å². The fourth-order valence-electron chi connectivity index (χ4n) is 6.35. The fraction of sp³-hybridized carbons (Fsp3) is 0.771. The van der Waals surface area contributed by atoms with Crippen LogP contribution >= 0.6 is 0 Å². The molecule has 3 rings (SSSR count). The maximum absolute atomic E-state index is 13.0. The second kappa shape index (κ2) is 16.7. The highest BCUT2D eigenvalue weighted by molar-refractivity contribution is 5.70. The molecule has 3 aliphatic rings. The monoisotopic (exact) mass is 650 g/mol. The number of carbonyl (C=O) groups excluding carboxylic acids is 2. The highest BCUT2D eigenvalue weighted by atomic mass is 16.6. The van der Waals surface area contributed by atoms with Gasteiger partial charge in [-0.05, 0) is 58.7 Å². The lowest BCUT2D eigenvalue weighted by atomic mass is 9.88. The number of ether oxygens (including phenoxy) is 4. The molecule has 46 heavy (non-hydrogen) atoms. The van der Waals surface area contributed by atoms with Crippen molar-refractivity contribution in [1.82, 2.24) is 9.80 Å². The lowest BCUT2D eigenvalue weighted by Crippen LogP contribution is -2.50. The molecule has 1 amide bonds. The Hall–Kier alpha value is -2.28. The Kier molecular flexibility index (Phi) is 13.9. The standard InChI is InChI=1S/C35H58N2O9/c1-9-27(43-8)25(4)32-28(44-32)22-34(5,41)15-10-11-23(2)31-24(3)12-13-29(45-33(40)37-19-17-36(7)18-20-37)35(6,42)16-14-26(38)21-30(39)46-31/h10-13,15,24-29,31-32,38,41-42H,9,14,16-22H2,1-8H3/b13-12+,15-10+,23-11+. The Morgan fingerprint density at radius 3 is 2.57 bits per heavy atom. The van der Waals surface area contributed by atoms with E-state index in [-0.39, 0.29) is 49.4 Å². The molecule has 3 N–H and O–H groups in total. The van der Waals surface area contributed by atoms with Crippen molar-refractivity contribution in [2.75, 3.05) is 40.3 Å². The first-order valence-electron chi connectivity index (χ1n) is 16.8. The molecule has 11 heteroatoms. The molecule has 0 aliphatic carbocycles. The normalized spacial score (nSPS) is 35.3. The summed E-state index contributed by atoms with van der Waals surface area (Å²) >= 11 is 0. The molecule has 0 bridgehead atoms. The first-order chi connectivity index (χ1) is 21.6. The minimum Gasteiger partial charge on any atom is -0.457 e. The Bertz CT molecular complexity index is 1090. The Morgan fingerprint density at radius 1 is 1.26 bits per heavy atom. The average molecular weight is 651 g/mol. The van der Waals surface area contributed by atoms with E-state index in [1.807, 2.05) is 20.9 Å². The maximum Gasteiger partial charge on any atom is 0.410 e. The zero-order chi connectivity index (χ0) is 34.2. The Labute approximate surface area is 275 Å². The van der Waals surface area contributed by atoms with Crippen molar-refractivity contribution < 1.29 is 43.9 Å². The van der Waals surface area contributed by atoms with Crippen molar-refractivity contribution in [2.45, 2.75) is 121 Å². The van der Waals surface area contributed by atoms with Crippen LogP contribution in [0.25, 0.3) is 0 Å². The third-order valence-electron chi connectivity index (χ3n) is 9.62. The number of amides is 1. The van der Waals surface area contributed by atoms with E-state index >= 15 is 0 Å². The third kappa shape index (κ3) is 11.2. The fourth-order valence-corrected chi connectivity index (χ4v) is 6.35. The van der Waals surface area contributed by atoms with Crippen LogP contribution in [0.3, 0.4) is 0 Å². The van der Waals surface area contributed by atoms with E-state index in [1.54, 1.807) is 56.2 Å². The Balaban J connectivity index is 1.74. The van der Waals surface area contributed by atoms with E-state index in [2.05, 4.69) is 18.7 Å². The van der Waals surface area contributed by atoms with Gasteiger partial charge in [0, 0.05) is 51.5 Å². The van der Waals surface area contributed by atoms with Crippen molar-refractivity contribution in [2.24, 2.45) is 11.8 Å². The molecule has 2 saturated heterocycles. The molecular weight excluding hydrogens is 592 g/mol. The predicted molar refractivity (Wildman–Crippen MR) is 175 cm³/mol. The van der Waals surface area contributed by atoms with E-state index < -0.39 is 41.6 Å². The molecule has 0 aromatic carbocycles. The largest absolute Gasteiger partial charge is 0.457 e. The summed E-state index contributed by atoms with van der Waals surface area (Å²) in [5.41, 5.74) is -1.86. The van der Waals surface area contributed by atoms with Crippen molar-refractivity contribution in [1.29, 1.82) is 0 Å². The van der Waals surface area contributed by atoms with Gasteiger partial charge >= 0.3 is 12.1 Å². The summed E-state index contributed by atoms with van der Waals surface area (Å²) in [6.45, 7) is 13.8. The van der Waals surface area contributed by atoms with Crippen molar-refractivity contribution in [3.05, 3.63) is 36.0 Å². The number of aliphatic hydroxyl groups is 3. The Morgan fingerprint density at radius 2 is 1.93 bits per heavy atom. The molecule has 0 radical (unpaired) electrons. The molecule has 0 aromatic rings. The minimum atomic E-state index is -1.47. The van der Waals surface area contributed by atoms with Gasteiger partial charge in [0.1, 0.15) is 11.7 Å². The van der Waals surface area contributed by atoms with E-state index in [4.69, 9.17) is 18.9 Å². The van der Waals surface area contributed by atoms with Crippen molar-refractivity contribution >= 4 is 12.1 Å². The lowest BCUT2D eigenvalue weighted by molar-refractivity contribution is -0.151. The van der Waals surface area contributed by atoms with Crippen LogP contribution in [0.1, 0.15) is 73.6 Å². The molecule has 3 heterocycles.